The van der Waals surface area contributed by atoms with Crippen molar-refractivity contribution < 1.29 is 0 Å². The third-order valence-electron chi connectivity index (χ3n) is 10.9. The summed E-state index contributed by atoms with van der Waals surface area (Å²) in [5.41, 5.74) is 13.3. The molecule has 0 bridgehead atoms. The molecule has 0 aliphatic carbocycles. The van der Waals surface area contributed by atoms with Crippen molar-refractivity contribution in [2.24, 2.45) is 0 Å². The highest BCUT2D eigenvalue weighted by Gasteiger charge is 2.17. The predicted molar refractivity (Wildman–Crippen MR) is 229 cm³/mol. The van der Waals surface area contributed by atoms with Crippen molar-refractivity contribution >= 4 is 49.0 Å². The van der Waals surface area contributed by atoms with Crippen molar-refractivity contribution in [1.82, 2.24) is 4.57 Å². The van der Waals surface area contributed by atoms with E-state index in [4.69, 9.17) is 6.57 Å². The topological polar surface area (TPSA) is 33.1 Å². The summed E-state index contributed by atoms with van der Waals surface area (Å²) in [6.45, 7) is 8.15. The van der Waals surface area contributed by atoms with Crippen LogP contribution in [0, 0.1) is 17.9 Å². The molecule has 10 rings (SSSR count). The fourth-order valence-electron chi connectivity index (χ4n) is 8.34. The highest BCUT2D eigenvalue weighted by Crippen LogP contribution is 2.44. The van der Waals surface area contributed by atoms with E-state index >= 15 is 0 Å². The molecular formula is C52H31N3. The lowest BCUT2D eigenvalue weighted by Gasteiger charge is -2.18. The van der Waals surface area contributed by atoms with Gasteiger partial charge in [-0.05, 0) is 109 Å². The third kappa shape index (κ3) is 5.27. The van der Waals surface area contributed by atoms with Gasteiger partial charge < -0.3 is 4.57 Å². The summed E-state index contributed by atoms with van der Waals surface area (Å²) < 4.78 is 2.25. The number of nitriles is 1. The summed E-state index contributed by atoms with van der Waals surface area (Å²) in [6, 6.07) is 67.9. The maximum atomic E-state index is 9.53. The van der Waals surface area contributed by atoms with E-state index in [1.807, 2.05) is 36.4 Å². The minimum Gasteiger partial charge on any atom is -0.309 e. The molecule has 0 saturated carbocycles. The molecule has 0 atom stereocenters. The Morgan fingerprint density at radius 3 is 1.55 bits per heavy atom. The van der Waals surface area contributed by atoms with E-state index in [1.54, 1.807) is 0 Å². The van der Waals surface area contributed by atoms with Crippen LogP contribution >= 0.6 is 0 Å². The van der Waals surface area contributed by atoms with Gasteiger partial charge in [0.05, 0.1) is 29.2 Å². The highest BCUT2D eigenvalue weighted by atomic mass is 15.0. The quantitative estimate of drug-likeness (QED) is 0.130. The fourth-order valence-corrected chi connectivity index (χ4v) is 8.34. The number of hydrogen-bond acceptors (Lipinski definition) is 1. The fraction of sp³-hybridized carbons (Fsp3) is 0. The van der Waals surface area contributed by atoms with Crippen LogP contribution in [-0.4, -0.2) is 4.57 Å². The van der Waals surface area contributed by atoms with Crippen molar-refractivity contribution in [3.05, 3.63) is 205 Å². The first kappa shape index (κ1) is 32.0. The summed E-state index contributed by atoms with van der Waals surface area (Å²) in [7, 11) is 0. The van der Waals surface area contributed by atoms with Crippen LogP contribution < -0.4 is 0 Å². The Morgan fingerprint density at radius 2 is 0.927 bits per heavy atom. The normalized spacial score (nSPS) is 11.2. The van der Waals surface area contributed by atoms with Crippen molar-refractivity contribution in [2.45, 2.75) is 0 Å². The number of nitrogens with zero attached hydrogens (tertiary/aromatic N) is 3. The molecule has 3 heteroatoms. The predicted octanol–water partition coefficient (Wildman–Crippen LogP) is 14.2. The molecule has 0 unspecified atom stereocenters. The minimum absolute atomic E-state index is 0.619. The molecule has 3 nitrogen and oxygen atoms in total. The average molecular weight is 698 g/mol. The highest BCUT2D eigenvalue weighted by molar-refractivity contribution is 6.21. The van der Waals surface area contributed by atoms with Gasteiger partial charge >= 0.3 is 0 Å². The van der Waals surface area contributed by atoms with Gasteiger partial charge in [-0.1, -0.05) is 146 Å². The van der Waals surface area contributed by atoms with Crippen LogP contribution in [0.4, 0.5) is 5.69 Å². The second kappa shape index (κ2) is 13.0. The molecule has 0 fully saturated rings. The molecule has 0 N–H and O–H groups in total. The lowest BCUT2D eigenvalue weighted by Crippen LogP contribution is -1.93. The first-order valence-corrected chi connectivity index (χ1v) is 18.4. The van der Waals surface area contributed by atoms with E-state index in [9.17, 15) is 5.26 Å². The Kier molecular flexibility index (Phi) is 7.58. The van der Waals surface area contributed by atoms with Crippen LogP contribution in [0.2, 0.25) is 0 Å². The van der Waals surface area contributed by atoms with Gasteiger partial charge in [-0.15, -0.1) is 0 Å². The standard InChI is InChI=1S/C52H31N3/c1-54-48-32-39(35-24-27-40(28-25-35)55-49-18-10-9-13-42(49)47-31-34(33-53)19-30-50(47)55)26-29-41(48)36-20-22-38(23-21-36)52-45-16-7-5-14-43(45)51(37-11-3-2-4-12-37)44-15-6-8-17-46(44)52/h2-32H. The number of aromatic nitrogens is 1. The Hall–Kier alpha value is -7.72. The first-order valence-electron chi connectivity index (χ1n) is 18.4. The average Bonchev–Trinajstić information content (AvgIpc) is 3.59. The van der Waals surface area contributed by atoms with E-state index in [2.05, 4.69) is 167 Å². The van der Waals surface area contributed by atoms with E-state index in [-0.39, 0.29) is 0 Å². The van der Waals surface area contributed by atoms with Crippen molar-refractivity contribution in [1.29, 1.82) is 5.26 Å². The summed E-state index contributed by atoms with van der Waals surface area (Å²) >= 11 is 0. The minimum atomic E-state index is 0.619. The number of benzene rings is 9. The SMILES string of the molecule is [C-]#[N+]c1cc(-c2ccc(-n3c4ccccc4c4cc(C#N)ccc43)cc2)ccc1-c1ccc(-c2c3ccccc3c(-c3ccccc3)c3ccccc23)cc1. The van der Waals surface area contributed by atoms with E-state index < -0.39 is 0 Å². The van der Waals surface area contributed by atoms with Crippen molar-refractivity contribution in [2.75, 3.05) is 0 Å². The van der Waals surface area contributed by atoms with E-state index in [0.29, 0.717) is 11.3 Å². The van der Waals surface area contributed by atoms with E-state index in [1.165, 1.54) is 38.2 Å². The van der Waals surface area contributed by atoms with Gasteiger partial charge in [-0.2, -0.15) is 5.26 Å². The Labute approximate surface area is 319 Å². The van der Waals surface area contributed by atoms with Crippen LogP contribution in [0.1, 0.15) is 5.56 Å². The Morgan fingerprint density at radius 1 is 0.418 bits per heavy atom. The molecule has 0 saturated heterocycles. The van der Waals surface area contributed by atoms with Crippen molar-refractivity contribution in [3.63, 3.8) is 0 Å². The molecule has 9 aromatic carbocycles. The Balaban J connectivity index is 1.01. The van der Waals surface area contributed by atoms with Crippen LogP contribution in [-0.2, 0) is 0 Å². The zero-order valence-electron chi connectivity index (χ0n) is 29.7. The molecule has 10 aromatic rings. The van der Waals surface area contributed by atoms with Gasteiger partial charge in [0.1, 0.15) is 0 Å². The van der Waals surface area contributed by atoms with Gasteiger partial charge in [0.25, 0.3) is 0 Å². The second-order valence-corrected chi connectivity index (χ2v) is 13.9. The molecular weight excluding hydrogens is 667 g/mol. The summed E-state index contributed by atoms with van der Waals surface area (Å²) in [5.74, 6) is 0. The van der Waals surface area contributed by atoms with Gasteiger partial charge in [0.15, 0.2) is 5.69 Å². The molecule has 0 aliphatic rings. The van der Waals surface area contributed by atoms with Gasteiger partial charge in [0.2, 0.25) is 0 Å². The Bertz CT molecular complexity index is 3140. The number of rotatable bonds is 5. The zero-order chi connectivity index (χ0) is 36.9. The van der Waals surface area contributed by atoms with Crippen LogP contribution in [0.15, 0.2) is 188 Å². The molecule has 0 amide bonds. The van der Waals surface area contributed by atoms with Gasteiger partial charge in [0, 0.05) is 16.5 Å². The van der Waals surface area contributed by atoms with Crippen LogP contribution in [0.3, 0.4) is 0 Å². The molecule has 0 radical (unpaired) electrons. The summed E-state index contributed by atoms with van der Waals surface area (Å²) in [4.78, 5) is 4.00. The summed E-state index contributed by atoms with van der Waals surface area (Å²) in [5, 5.41) is 16.6. The zero-order valence-corrected chi connectivity index (χ0v) is 29.7. The number of hydrogen-bond donors (Lipinski definition) is 0. The van der Waals surface area contributed by atoms with Gasteiger partial charge in [-0.3, -0.25) is 0 Å². The maximum Gasteiger partial charge on any atom is 0.195 e. The molecule has 0 aliphatic heterocycles. The van der Waals surface area contributed by atoms with Crippen molar-refractivity contribution in [3.8, 4) is 56.3 Å². The number of fused-ring (bicyclic) bond motifs is 5. The summed E-state index contributed by atoms with van der Waals surface area (Å²) in [6.07, 6.45) is 0. The third-order valence-corrected chi connectivity index (χ3v) is 10.9. The molecule has 55 heavy (non-hydrogen) atoms. The lowest BCUT2D eigenvalue weighted by atomic mass is 9.85. The largest absolute Gasteiger partial charge is 0.309 e. The molecule has 1 heterocycles. The monoisotopic (exact) mass is 697 g/mol. The maximum absolute atomic E-state index is 9.53. The smallest absolute Gasteiger partial charge is 0.195 e. The van der Waals surface area contributed by atoms with Crippen LogP contribution in [0.5, 0.6) is 0 Å². The lowest BCUT2D eigenvalue weighted by molar-refractivity contribution is 1.18. The first-order chi connectivity index (χ1) is 27.2. The molecule has 1 aromatic heterocycles. The molecule has 254 valence electrons. The second-order valence-electron chi connectivity index (χ2n) is 13.9. The van der Waals surface area contributed by atoms with Gasteiger partial charge in [-0.25, -0.2) is 4.85 Å². The van der Waals surface area contributed by atoms with Crippen LogP contribution in [0.25, 0.3) is 98.4 Å². The molecule has 0 spiro atoms. The van der Waals surface area contributed by atoms with E-state index in [0.717, 1.165) is 55.3 Å². The number of para-hydroxylation sites is 1.